The van der Waals surface area contributed by atoms with Crippen molar-refractivity contribution < 1.29 is 22.6 Å². The topological polar surface area (TPSA) is 114 Å². The molecule has 11 heteroatoms. The Morgan fingerprint density at radius 3 is 2.39 bits per heavy atom. The number of ether oxygens (including phenoxy) is 2. The van der Waals surface area contributed by atoms with Crippen molar-refractivity contribution in [1.82, 2.24) is 19.7 Å². The van der Waals surface area contributed by atoms with Gasteiger partial charge in [0.05, 0.1) is 24.9 Å². The molecule has 8 nitrogen and oxygen atoms in total. The summed E-state index contributed by atoms with van der Waals surface area (Å²) in [5.74, 6) is 0.609. The molecule has 2 aromatic rings. The van der Waals surface area contributed by atoms with Crippen LogP contribution >= 0.6 is 0 Å². The quantitative estimate of drug-likeness (QED) is 0.734. The summed E-state index contributed by atoms with van der Waals surface area (Å²) in [6.07, 6.45) is -0.333. The largest absolute Gasteiger partial charge is 0.489 e. The van der Waals surface area contributed by atoms with Crippen molar-refractivity contribution in [3.05, 3.63) is 23.1 Å². The van der Waals surface area contributed by atoms with Gasteiger partial charge in [-0.15, -0.1) is 0 Å². The predicted octanol–water partition coefficient (Wildman–Crippen LogP) is 3.94. The van der Waals surface area contributed by atoms with E-state index < -0.39 is 17.6 Å². The maximum Gasteiger partial charge on any atom is 0.421 e. The van der Waals surface area contributed by atoms with Crippen LogP contribution in [0.25, 0.3) is 0 Å². The molecule has 1 aliphatic heterocycles. The molecule has 31 heavy (non-hydrogen) atoms. The second kappa shape index (κ2) is 10.7. The van der Waals surface area contributed by atoms with Crippen molar-refractivity contribution in [1.29, 1.82) is 0 Å². The molecule has 1 atom stereocenters. The van der Waals surface area contributed by atoms with Gasteiger partial charge in [0.2, 0.25) is 5.95 Å². The highest BCUT2D eigenvalue weighted by Gasteiger charge is 2.34. The van der Waals surface area contributed by atoms with E-state index in [2.05, 4.69) is 26.7 Å². The number of nitrogens with two attached hydrogens (primary N) is 2. The number of hydrogen-bond acceptors (Lipinski definition) is 7. The Labute approximate surface area is 180 Å². The van der Waals surface area contributed by atoms with Crippen LogP contribution in [0.2, 0.25) is 0 Å². The highest BCUT2D eigenvalue weighted by Crippen LogP contribution is 2.38. The Morgan fingerprint density at radius 2 is 1.87 bits per heavy atom. The van der Waals surface area contributed by atoms with E-state index in [0.717, 1.165) is 37.7 Å². The third-order valence-corrected chi connectivity index (χ3v) is 4.78. The van der Waals surface area contributed by atoms with Crippen molar-refractivity contribution >= 4 is 11.8 Å². The summed E-state index contributed by atoms with van der Waals surface area (Å²) in [5, 5.41) is 4.58. The van der Waals surface area contributed by atoms with Crippen LogP contribution in [0.1, 0.15) is 56.1 Å². The van der Waals surface area contributed by atoms with Crippen LogP contribution in [-0.2, 0) is 10.9 Å². The van der Waals surface area contributed by atoms with Gasteiger partial charge in [0.15, 0.2) is 5.75 Å². The second-order valence-electron chi connectivity index (χ2n) is 7.24. The summed E-state index contributed by atoms with van der Waals surface area (Å²) in [6, 6.07) is 0.626. The first-order valence-corrected chi connectivity index (χ1v) is 10.4. The molecule has 0 unspecified atom stereocenters. The summed E-state index contributed by atoms with van der Waals surface area (Å²) in [4.78, 5) is 6.34. The lowest BCUT2D eigenvalue weighted by molar-refractivity contribution is -0.137. The van der Waals surface area contributed by atoms with Gasteiger partial charge < -0.3 is 20.9 Å². The molecule has 2 fully saturated rings. The number of rotatable bonds is 4. The zero-order valence-corrected chi connectivity index (χ0v) is 18.4. The minimum absolute atomic E-state index is 0.277. The lowest BCUT2D eigenvalue weighted by Gasteiger charge is -2.10. The monoisotopic (exact) mass is 444 g/mol. The molecule has 4 rings (SSSR count). The molecule has 174 valence electrons. The van der Waals surface area contributed by atoms with E-state index in [0.29, 0.717) is 18.2 Å². The lowest BCUT2D eigenvalue weighted by atomic mass is 10.1. The first kappa shape index (κ1) is 24.7. The predicted molar refractivity (Wildman–Crippen MR) is 112 cm³/mol. The SMILES string of the molecule is CC.Cc1nn(C2CC2)c(C)c1OC[C@H]1CCOC1.Nc1ncc(C(F)(F)F)c(N)n1. The first-order chi connectivity index (χ1) is 14.7. The standard InChI is InChI=1S/C13H20N2O2.C5H5F3N4.C2H6/c1-9-13(17-8-11-5-6-16-7-11)10(2)15(14-9)12-3-4-12;6-5(7,8)2-1-11-4(10)12-3(2)9;1-2/h11-12H,3-8H2,1-2H3;1H,(H4,9,10,11,12);1-2H3/t11-;;/m0../s1. The Hall–Kier alpha value is -2.56. The number of hydrogen-bond donors (Lipinski definition) is 2. The molecular formula is C20H31F3N6O2. The minimum Gasteiger partial charge on any atom is -0.489 e. The number of nitrogen functional groups attached to an aromatic ring is 2. The van der Waals surface area contributed by atoms with Crippen molar-refractivity contribution in [3.63, 3.8) is 0 Å². The van der Waals surface area contributed by atoms with Crippen molar-refractivity contribution in [3.8, 4) is 5.75 Å². The van der Waals surface area contributed by atoms with Crippen molar-refractivity contribution in [2.75, 3.05) is 31.3 Å². The fourth-order valence-electron chi connectivity index (χ4n) is 3.08. The summed E-state index contributed by atoms with van der Waals surface area (Å²) < 4.78 is 49.4. The normalized spacial score (nSPS) is 18.0. The zero-order valence-electron chi connectivity index (χ0n) is 18.4. The van der Waals surface area contributed by atoms with Crippen LogP contribution < -0.4 is 16.2 Å². The number of anilines is 2. The van der Waals surface area contributed by atoms with Crippen LogP contribution in [-0.4, -0.2) is 39.6 Å². The average Bonchev–Trinajstić information content (AvgIpc) is 3.33. The number of alkyl halides is 3. The minimum atomic E-state index is -4.53. The average molecular weight is 445 g/mol. The Morgan fingerprint density at radius 1 is 1.19 bits per heavy atom. The fourth-order valence-corrected chi connectivity index (χ4v) is 3.08. The van der Waals surface area contributed by atoms with Gasteiger partial charge in [-0.3, -0.25) is 4.68 Å². The molecule has 0 spiro atoms. The highest BCUT2D eigenvalue weighted by molar-refractivity contribution is 5.42. The molecule has 1 saturated heterocycles. The fraction of sp³-hybridized carbons (Fsp3) is 0.650. The van der Waals surface area contributed by atoms with Gasteiger partial charge in [-0.05, 0) is 33.1 Å². The summed E-state index contributed by atoms with van der Waals surface area (Å²) in [6.45, 7) is 10.6. The number of halogens is 3. The molecule has 0 amide bonds. The maximum absolute atomic E-state index is 12.0. The lowest BCUT2D eigenvalue weighted by Crippen LogP contribution is -2.12. The van der Waals surface area contributed by atoms with E-state index in [1.54, 1.807) is 0 Å². The van der Waals surface area contributed by atoms with Gasteiger partial charge in [-0.1, -0.05) is 13.8 Å². The van der Waals surface area contributed by atoms with Gasteiger partial charge in [-0.25, -0.2) is 4.98 Å². The van der Waals surface area contributed by atoms with Gasteiger partial charge in [0.1, 0.15) is 17.1 Å². The zero-order chi connectivity index (χ0) is 23.2. The number of aromatic nitrogens is 4. The third kappa shape index (κ3) is 6.71. The Bertz CT molecular complexity index is 846. The van der Waals surface area contributed by atoms with E-state index in [1.165, 1.54) is 18.5 Å². The van der Waals surface area contributed by atoms with Crippen LogP contribution in [0.15, 0.2) is 6.20 Å². The van der Waals surface area contributed by atoms with Crippen LogP contribution in [0.4, 0.5) is 24.9 Å². The molecule has 0 radical (unpaired) electrons. The van der Waals surface area contributed by atoms with E-state index in [-0.39, 0.29) is 5.95 Å². The highest BCUT2D eigenvalue weighted by atomic mass is 19.4. The van der Waals surface area contributed by atoms with Crippen molar-refractivity contribution in [2.45, 2.75) is 59.2 Å². The molecular weight excluding hydrogens is 413 g/mol. The van der Waals surface area contributed by atoms with Gasteiger partial charge >= 0.3 is 6.18 Å². The van der Waals surface area contributed by atoms with Crippen LogP contribution in [0.3, 0.4) is 0 Å². The van der Waals surface area contributed by atoms with E-state index in [4.69, 9.17) is 20.9 Å². The Kier molecular flexibility index (Phi) is 8.49. The molecule has 1 saturated carbocycles. The summed E-state index contributed by atoms with van der Waals surface area (Å²) in [7, 11) is 0. The third-order valence-electron chi connectivity index (χ3n) is 4.78. The van der Waals surface area contributed by atoms with Gasteiger partial charge in [0, 0.05) is 18.7 Å². The summed E-state index contributed by atoms with van der Waals surface area (Å²) >= 11 is 0. The van der Waals surface area contributed by atoms with E-state index >= 15 is 0 Å². The van der Waals surface area contributed by atoms with Crippen LogP contribution in [0, 0.1) is 19.8 Å². The first-order valence-electron chi connectivity index (χ1n) is 10.4. The molecule has 2 aromatic heterocycles. The van der Waals surface area contributed by atoms with Crippen molar-refractivity contribution in [2.24, 2.45) is 5.92 Å². The van der Waals surface area contributed by atoms with Gasteiger partial charge in [-0.2, -0.15) is 23.3 Å². The molecule has 0 bridgehead atoms. The van der Waals surface area contributed by atoms with E-state index in [1.807, 2.05) is 20.8 Å². The van der Waals surface area contributed by atoms with Crippen LogP contribution in [0.5, 0.6) is 5.75 Å². The molecule has 4 N–H and O–H groups in total. The molecule has 0 aromatic carbocycles. The molecule has 1 aliphatic carbocycles. The Balaban J connectivity index is 0.000000216. The van der Waals surface area contributed by atoms with E-state index in [9.17, 15) is 13.2 Å². The maximum atomic E-state index is 12.0. The van der Waals surface area contributed by atoms with Gasteiger partial charge in [0.25, 0.3) is 0 Å². The molecule has 3 heterocycles. The number of nitrogens with zero attached hydrogens (tertiary/aromatic N) is 4. The number of aryl methyl sites for hydroxylation is 1. The smallest absolute Gasteiger partial charge is 0.421 e. The second-order valence-corrected chi connectivity index (χ2v) is 7.24. The summed E-state index contributed by atoms with van der Waals surface area (Å²) in [5.41, 5.74) is 11.1. The molecule has 2 aliphatic rings.